The first-order valence-corrected chi connectivity index (χ1v) is 9.70. The fraction of sp³-hybridized carbons (Fsp3) is 0.261. The predicted octanol–water partition coefficient (Wildman–Crippen LogP) is 3.45. The molecule has 0 saturated carbocycles. The minimum Gasteiger partial charge on any atom is -0.481 e. The summed E-state index contributed by atoms with van der Waals surface area (Å²) in [6.45, 7) is 3.55. The molecule has 0 fully saturated rings. The van der Waals surface area contributed by atoms with Gasteiger partial charge in [0.25, 0.3) is 5.91 Å². The number of benzene rings is 2. The second-order valence-electron chi connectivity index (χ2n) is 6.95. The smallest absolute Gasteiger partial charge is 0.336 e. The number of hydrogen-bond acceptors (Lipinski definition) is 5. The van der Waals surface area contributed by atoms with Crippen LogP contribution in [-0.2, 0) is 16.0 Å². The van der Waals surface area contributed by atoms with Crippen LogP contribution in [0, 0.1) is 0 Å². The monoisotopic (exact) mass is 409 g/mol. The molecule has 0 bridgehead atoms. The van der Waals surface area contributed by atoms with E-state index >= 15 is 0 Å². The van der Waals surface area contributed by atoms with Crippen LogP contribution in [0.4, 0.5) is 0 Å². The zero-order valence-corrected chi connectivity index (χ0v) is 16.8. The molecule has 3 aromatic rings. The van der Waals surface area contributed by atoms with E-state index in [-0.39, 0.29) is 0 Å². The molecule has 2 aromatic carbocycles. The van der Waals surface area contributed by atoms with Crippen LogP contribution in [0.5, 0.6) is 5.75 Å². The molecule has 1 amide bonds. The number of hydrogen-bond donors (Lipinski definition) is 2. The molecule has 0 aliphatic heterocycles. The lowest BCUT2D eigenvalue weighted by Gasteiger charge is -2.19. The molecule has 7 heteroatoms. The van der Waals surface area contributed by atoms with Crippen molar-refractivity contribution in [2.45, 2.75) is 38.8 Å². The van der Waals surface area contributed by atoms with Crippen LogP contribution in [0.3, 0.4) is 0 Å². The highest BCUT2D eigenvalue weighted by atomic mass is 16.5. The largest absolute Gasteiger partial charge is 0.481 e. The Bertz CT molecular complexity index is 1110. The Morgan fingerprint density at radius 1 is 1.13 bits per heavy atom. The molecule has 2 N–H and O–H groups in total. The number of aliphatic carboxylic acids is 1. The van der Waals surface area contributed by atoms with E-state index in [2.05, 4.69) is 5.32 Å². The van der Waals surface area contributed by atoms with E-state index in [1.54, 1.807) is 48.5 Å². The van der Waals surface area contributed by atoms with Gasteiger partial charge in [0.2, 0.25) is 0 Å². The lowest BCUT2D eigenvalue weighted by atomic mass is 10.1. The molecule has 0 aliphatic carbocycles. The molecule has 1 aromatic heterocycles. The zero-order chi connectivity index (χ0) is 21.7. The van der Waals surface area contributed by atoms with Crippen LogP contribution in [0.2, 0.25) is 0 Å². The summed E-state index contributed by atoms with van der Waals surface area (Å²) in [5, 5.41) is 12.8. The number of fused-ring (bicyclic) bond motifs is 1. The minimum atomic E-state index is -1.18. The number of carboxylic acids is 1. The second-order valence-corrected chi connectivity index (χ2v) is 6.95. The molecule has 0 radical (unpaired) electrons. The Morgan fingerprint density at radius 3 is 2.53 bits per heavy atom. The van der Waals surface area contributed by atoms with E-state index < -0.39 is 29.6 Å². The van der Waals surface area contributed by atoms with Gasteiger partial charge in [-0.2, -0.15) is 0 Å². The van der Waals surface area contributed by atoms with Gasteiger partial charge in [-0.25, -0.2) is 9.59 Å². The Kier molecular flexibility index (Phi) is 6.51. The van der Waals surface area contributed by atoms with Crippen molar-refractivity contribution in [3.8, 4) is 5.75 Å². The maximum atomic E-state index is 12.5. The molecular weight excluding hydrogens is 386 g/mol. The van der Waals surface area contributed by atoms with Crippen molar-refractivity contribution in [2.24, 2.45) is 0 Å². The van der Waals surface area contributed by atoms with Crippen molar-refractivity contribution in [3.63, 3.8) is 0 Å². The highest BCUT2D eigenvalue weighted by Crippen LogP contribution is 2.24. The fourth-order valence-electron chi connectivity index (χ4n) is 3.21. The van der Waals surface area contributed by atoms with Gasteiger partial charge in [-0.1, -0.05) is 43.7 Å². The Balaban J connectivity index is 1.77. The Hall–Kier alpha value is -3.61. The zero-order valence-electron chi connectivity index (χ0n) is 16.8. The maximum absolute atomic E-state index is 12.5. The summed E-state index contributed by atoms with van der Waals surface area (Å²) in [5.41, 5.74) is 1.29. The molecule has 2 atom stereocenters. The van der Waals surface area contributed by atoms with Gasteiger partial charge in [0.1, 0.15) is 11.3 Å². The maximum Gasteiger partial charge on any atom is 0.336 e. The number of carboxylic acid groups (broad SMARTS) is 1. The van der Waals surface area contributed by atoms with Crippen LogP contribution in [-0.4, -0.2) is 23.1 Å². The lowest BCUT2D eigenvalue weighted by molar-refractivity contribution is -0.143. The van der Waals surface area contributed by atoms with Crippen LogP contribution < -0.4 is 15.7 Å². The molecule has 2 unspecified atom stereocenters. The van der Waals surface area contributed by atoms with E-state index in [1.165, 1.54) is 13.0 Å². The molecule has 3 rings (SSSR count). The third kappa shape index (κ3) is 4.86. The summed E-state index contributed by atoms with van der Waals surface area (Å²) in [6, 6.07) is 13.8. The molecule has 7 nitrogen and oxygen atoms in total. The van der Waals surface area contributed by atoms with Crippen molar-refractivity contribution < 1.29 is 23.8 Å². The summed E-state index contributed by atoms with van der Waals surface area (Å²) < 4.78 is 10.9. The first-order chi connectivity index (χ1) is 14.4. The minimum absolute atomic E-state index is 0.341. The van der Waals surface area contributed by atoms with E-state index in [0.717, 1.165) is 23.8 Å². The van der Waals surface area contributed by atoms with E-state index in [1.807, 2.05) is 6.92 Å². The Labute approximate surface area is 173 Å². The van der Waals surface area contributed by atoms with Crippen LogP contribution in [0.1, 0.15) is 37.4 Å². The SMILES string of the molecule is CCCc1cc(=O)oc2cc(OC(C)C(=O)NC(C(=O)O)c3ccccc3)ccc12. The average Bonchev–Trinajstić information content (AvgIpc) is 2.72. The standard InChI is InChI=1S/C23H23NO6/c1-3-7-16-12-20(25)30-19-13-17(10-11-18(16)19)29-14(2)22(26)24-21(23(27)28)15-8-5-4-6-9-15/h4-6,8-14,21H,3,7H2,1-2H3,(H,24,26)(H,27,28). The van der Waals surface area contributed by atoms with Crippen molar-refractivity contribution in [1.29, 1.82) is 0 Å². The van der Waals surface area contributed by atoms with Gasteiger partial charge in [-0.05, 0) is 36.6 Å². The van der Waals surface area contributed by atoms with E-state index in [4.69, 9.17) is 9.15 Å². The van der Waals surface area contributed by atoms with Gasteiger partial charge in [-0.3, -0.25) is 4.79 Å². The number of aryl methyl sites for hydroxylation is 1. The van der Waals surface area contributed by atoms with Crippen molar-refractivity contribution in [2.75, 3.05) is 0 Å². The third-order valence-electron chi connectivity index (χ3n) is 4.67. The summed E-state index contributed by atoms with van der Waals surface area (Å²) in [6.07, 6.45) is 0.677. The van der Waals surface area contributed by atoms with E-state index in [0.29, 0.717) is 16.9 Å². The van der Waals surface area contributed by atoms with Gasteiger partial charge in [0.05, 0.1) is 0 Å². The van der Waals surface area contributed by atoms with Gasteiger partial charge in [-0.15, -0.1) is 0 Å². The number of rotatable bonds is 8. The van der Waals surface area contributed by atoms with Gasteiger partial charge < -0.3 is 19.6 Å². The number of nitrogens with one attached hydrogen (secondary N) is 1. The number of ether oxygens (including phenoxy) is 1. The quantitative estimate of drug-likeness (QED) is 0.552. The summed E-state index contributed by atoms with van der Waals surface area (Å²) in [4.78, 5) is 35.9. The first-order valence-electron chi connectivity index (χ1n) is 9.70. The molecule has 0 aliphatic rings. The molecule has 0 saturated heterocycles. The third-order valence-corrected chi connectivity index (χ3v) is 4.67. The Morgan fingerprint density at radius 2 is 1.87 bits per heavy atom. The summed E-state index contributed by atoms with van der Waals surface area (Å²) >= 11 is 0. The highest BCUT2D eigenvalue weighted by molar-refractivity contribution is 5.87. The number of carbonyl (C=O) groups is 2. The van der Waals surface area contributed by atoms with Crippen molar-refractivity contribution in [3.05, 3.63) is 76.1 Å². The number of amides is 1. The van der Waals surface area contributed by atoms with Crippen molar-refractivity contribution >= 4 is 22.8 Å². The topological polar surface area (TPSA) is 106 Å². The molecule has 156 valence electrons. The van der Waals surface area contributed by atoms with Gasteiger partial charge >= 0.3 is 11.6 Å². The average molecular weight is 409 g/mol. The normalized spacial score (nSPS) is 12.9. The fourth-order valence-corrected chi connectivity index (χ4v) is 3.21. The predicted molar refractivity (Wildman–Crippen MR) is 112 cm³/mol. The molecule has 0 spiro atoms. The van der Waals surface area contributed by atoms with Crippen LogP contribution in [0.25, 0.3) is 11.0 Å². The highest BCUT2D eigenvalue weighted by Gasteiger charge is 2.25. The molecular formula is C23H23NO6. The van der Waals surface area contributed by atoms with Crippen LogP contribution in [0.15, 0.2) is 63.8 Å². The second kappa shape index (κ2) is 9.26. The van der Waals surface area contributed by atoms with Gasteiger partial charge in [0.15, 0.2) is 12.1 Å². The van der Waals surface area contributed by atoms with Gasteiger partial charge in [0, 0.05) is 17.5 Å². The van der Waals surface area contributed by atoms with Crippen molar-refractivity contribution in [1.82, 2.24) is 5.32 Å². The first kappa shape index (κ1) is 21.1. The summed E-state index contributed by atoms with van der Waals surface area (Å²) in [7, 11) is 0. The summed E-state index contributed by atoms with van der Waals surface area (Å²) in [5.74, 6) is -1.40. The van der Waals surface area contributed by atoms with E-state index in [9.17, 15) is 19.5 Å². The number of carbonyl (C=O) groups excluding carboxylic acids is 1. The van der Waals surface area contributed by atoms with Crippen LogP contribution >= 0.6 is 0 Å². The molecule has 30 heavy (non-hydrogen) atoms. The lowest BCUT2D eigenvalue weighted by Crippen LogP contribution is -2.41. The molecule has 1 heterocycles.